The number of rotatable bonds is 1. The lowest BCUT2D eigenvalue weighted by atomic mass is 9.76. The molecule has 1 N–H and O–H groups in total. The van der Waals surface area contributed by atoms with Crippen LogP contribution >= 0.6 is 0 Å². The van der Waals surface area contributed by atoms with Crippen LogP contribution in [0.3, 0.4) is 0 Å². The molecule has 3 rings (SSSR count). The SMILES string of the molecule is CC(C)C12CCCC3CCC1(C)C2N3. The Morgan fingerprint density at radius 1 is 1.21 bits per heavy atom. The fourth-order valence-corrected chi connectivity index (χ4v) is 4.87. The first-order valence-corrected chi connectivity index (χ1v) is 6.37. The number of piperidine rings is 1. The van der Waals surface area contributed by atoms with E-state index in [9.17, 15) is 0 Å². The van der Waals surface area contributed by atoms with Gasteiger partial charge < -0.3 is 5.32 Å². The van der Waals surface area contributed by atoms with Gasteiger partial charge in [0.25, 0.3) is 0 Å². The molecule has 3 aliphatic rings. The van der Waals surface area contributed by atoms with Crippen LogP contribution in [0.15, 0.2) is 0 Å². The molecule has 80 valence electrons. The molecule has 0 aromatic heterocycles. The molecule has 1 saturated carbocycles. The van der Waals surface area contributed by atoms with Gasteiger partial charge in [0, 0.05) is 12.1 Å². The Morgan fingerprint density at radius 3 is 2.71 bits per heavy atom. The van der Waals surface area contributed by atoms with Crippen LogP contribution in [0.1, 0.15) is 52.9 Å². The Labute approximate surface area is 87.7 Å². The van der Waals surface area contributed by atoms with Crippen LogP contribution in [0, 0.1) is 16.7 Å². The number of nitrogens with one attached hydrogen (secondary N) is 1. The van der Waals surface area contributed by atoms with E-state index in [1.165, 1.54) is 32.1 Å². The Bertz CT molecular complexity index is 260. The van der Waals surface area contributed by atoms with Gasteiger partial charge in [-0.2, -0.15) is 0 Å². The van der Waals surface area contributed by atoms with Crippen LogP contribution in [0.5, 0.6) is 0 Å². The van der Waals surface area contributed by atoms with Crippen LogP contribution < -0.4 is 5.32 Å². The summed E-state index contributed by atoms with van der Waals surface area (Å²) in [6.45, 7) is 7.41. The van der Waals surface area contributed by atoms with Crippen molar-refractivity contribution in [2.24, 2.45) is 16.7 Å². The highest BCUT2D eigenvalue weighted by molar-refractivity contribution is 5.28. The summed E-state index contributed by atoms with van der Waals surface area (Å²) in [4.78, 5) is 0. The van der Waals surface area contributed by atoms with Gasteiger partial charge in [0.1, 0.15) is 0 Å². The fraction of sp³-hybridized carbons (Fsp3) is 1.00. The number of hydrogen-bond donors (Lipinski definition) is 1. The third-order valence-electron chi connectivity index (χ3n) is 5.72. The van der Waals surface area contributed by atoms with Crippen molar-refractivity contribution >= 4 is 0 Å². The summed E-state index contributed by atoms with van der Waals surface area (Å²) in [5.41, 5.74) is 1.32. The van der Waals surface area contributed by atoms with Crippen molar-refractivity contribution in [3.8, 4) is 0 Å². The van der Waals surface area contributed by atoms with E-state index in [0.29, 0.717) is 10.8 Å². The zero-order valence-corrected chi connectivity index (χ0v) is 9.77. The zero-order valence-electron chi connectivity index (χ0n) is 9.77. The Hall–Kier alpha value is -0.0400. The van der Waals surface area contributed by atoms with E-state index < -0.39 is 0 Å². The lowest BCUT2D eigenvalue weighted by Gasteiger charge is -2.30. The Kier molecular flexibility index (Phi) is 1.68. The smallest absolute Gasteiger partial charge is 0.0194 e. The normalized spacial score (nSPS) is 55.7. The highest BCUT2D eigenvalue weighted by Gasteiger charge is 2.75. The largest absolute Gasteiger partial charge is 0.310 e. The highest BCUT2D eigenvalue weighted by atomic mass is 15.1. The maximum atomic E-state index is 3.92. The van der Waals surface area contributed by atoms with Gasteiger partial charge in [-0.1, -0.05) is 27.2 Å². The van der Waals surface area contributed by atoms with Crippen molar-refractivity contribution in [2.75, 3.05) is 0 Å². The lowest BCUT2D eigenvalue weighted by Crippen LogP contribution is -2.37. The summed E-state index contributed by atoms with van der Waals surface area (Å²) in [7, 11) is 0. The molecule has 0 aromatic rings. The Morgan fingerprint density at radius 2 is 2.00 bits per heavy atom. The summed E-state index contributed by atoms with van der Waals surface area (Å²) >= 11 is 0. The molecule has 2 heterocycles. The number of fused-ring (bicyclic) bond motifs is 2. The molecule has 2 aliphatic heterocycles. The molecule has 4 unspecified atom stereocenters. The molecule has 4 atom stereocenters. The second-order valence-corrected chi connectivity index (χ2v) is 6.34. The molecule has 3 fully saturated rings. The lowest BCUT2D eigenvalue weighted by molar-refractivity contribution is 0.208. The zero-order chi connectivity index (χ0) is 9.97. The van der Waals surface area contributed by atoms with E-state index in [4.69, 9.17) is 0 Å². The molecule has 1 heteroatoms. The van der Waals surface area contributed by atoms with Gasteiger partial charge in [0.15, 0.2) is 0 Å². The van der Waals surface area contributed by atoms with E-state index in [0.717, 1.165) is 18.0 Å². The first-order chi connectivity index (χ1) is 6.61. The molecule has 2 bridgehead atoms. The highest BCUT2D eigenvalue weighted by Crippen LogP contribution is 2.74. The maximum absolute atomic E-state index is 3.92. The van der Waals surface area contributed by atoms with Crippen LogP contribution in [0.25, 0.3) is 0 Å². The van der Waals surface area contributed by atoms with Gasteiger partial charge in [0.05, 0.1) is 0 Å². The first-order valence-electron chi connectivity index (χ1n) is 6.37. The van der Waals surface area contributed by atoms with Crippen LogP contribution in [-0.4, -0.2) is 12.1 Å². The van der Waals surface area contributed by atoms with Gasteiger partial charge in [-0.25, -0.2) is 0 Å². The van der Waals surface area contributed by atoms with Gasteiger partial charge in [-0.15, -0.1) is 0 Å². The van der Waals surface area contributed by atoms with E-state index >= 15 is 0 Å². The van der Waals surface area contributed by atoms with Crippen LogP contribution in [-0.2, 0) is 0 Å². The van der Waals surface area contributed by atoms with Crippen molar-refractivity contribution in [3.63, 3.8) is 0 Å². The molecule has 1 aliphatic carbocycles. The van der Waals surface area contributed by atoms with E-state index in [-0.39, 0.29) is 0 Å². The summed E-state index contributed by atoms with van der Waals surface area (Å²) in [5, 5.41) is 3.92. The topological polar surface area (TPSA) is 12.0 Å². The van der Waals surface area contributed by atoms with Crippen LogP contribution in [0.2, 0.25) is 0 Å². The van der Waals surface area contributed by atoms with Crippen molar-refractivity contribution in [1.82, 2.24) is 5.32 Å². The third kappa shape index (κ3) is 0.816. The van der Waals surface area contributed by atoms with Gasteiger partial charge in [-0.3, -0.25) is 0 Å². The second kappa shape index (κ2) is 2.55. The Balaban J connectivity index is 1.98. The monoisotopic (exact) mass is 193 g/mol. The molecule has 14 heavy (non-hydrogen) atoms. The minimum absolute atomic E-state index is 0.651. The van der Waals surface area contributed by atoms with Crippen LogP contribution in [0.4, 0.5) is 0 Å². The summed E-state index contributed by atoms with van der Waals surface area (Å²) in [5.74, 6) is 0.863. The molecule has 2 saturated heterocycles. The standard InChI is InChI=1S/C13H23N/c1-9(2)13-7-4-5-10-6-8-12(13,3)11(13)14-10/h9-11,14H,4-8H2,1-3H3. The third-order valence-corrected chi connectivity index (χ3v) is 5.72. The molecular weight excluding hydrogens is 170 g/mol. The fourth-order valence-electron chi connectivity index (χ4n) is 4.87. The summed E-state index contributed by atoms with van der Waals surface area (Å²) < 4.78 is 0. The first kappa shape index (κ1) is 9.21. The van der Waals surface area contributed by atoms with E-state index in [2.05, 4.69) is 26.1 Å². The minimum atomic E-state index is 0.651. The van der Waals surface area contributed by atoms with Crippen molar-refractivity contribution in [3.05, 3.63) is 0 Å². The molecular formula is C13H23N. The van der Waals surface area contributed by atoms with Gasteiger partial charge >= 0.3 is 0 Å². The maximum Gasteiger partial charge on any atom is 0.0194 e. The molecule has 1 nitrogen and oxygen atoms in total. The van der Waals surface area contributed by atoms with Crippen molar-refractivity contribution in [2.45, 2.75) is 65.0 Å². The minimum Gasteiger partial charge on any atom is -0.310 e. The molecule has 0 radical (unpaired) electrons. The van der Waals surface area contributed by atoms with Crippen molar-refractivity contribution < 1.29 is 0 Å². The average Bonchev–Trinajstić information content (AvgIpc) is 2.71. The predicted molar refractivity (Wildman–Crippen MR) is 59.2 cm³/mol. The number of hydrogen-bond acceptors (Lipinski definition) is 1. The van der Waals surface area contributed by atoms with Crippen molar-refractivity contribution in [1.29, 1.82) is 0 Å². The van der Waals surface area contributed by atoms with Gasteiger partial charge in [0.2, 0.25) is 0 Å². The summed E-state index contributed by atoms with van der Waals surface area (Å²) in [6.07, 6.45) is 7.29. The molecule has 0 amide bonds. The second-order valence-electron chi connectivity index (χ2n) is 6.34. The van der Waals surface area contributed by atoms with E-state index in [1.807, 2.05) is 0 Å². The average molecular weight is 193 g/mol. The predicted octanol–water partition coefficient (Wildman–Crippen LogP) is 2.95. The van der Waals surface area contributed by atoms with Gasteiger partial charge in [-0.05, 0) is 42.4 Å². The van der Waals surface area contributed by atoms with E-state index in [1.54, 1.807) is 0 Å². The molecule has 0 aromatic carbocycles. The summed E-state index contributed by atoms with van der Waals surface area (Å²) in [6, 6.07) is 1.72. The quantitative estimate of drug-likeness (QED) is 0.675. The molecule has 0 spiro atoms.